The number of nitrogens with one attached hydrogen (secondary N) is 1. The van der Waals surface area contributed by atoms with Crippen LogP contribution in [0.3, 0.4) is 0 Å². The smallest absolute Gasteiger partial charge is 0.244 e. The van der Waals surface area contributed by atoms with Gasteiger partial charge in [-0.2, -0.15) is 0 Å². The van der Waals surface area contributed by atoms with E-state index in [1.54, 1.807) is 38.4 Å². The van der Waals surface area contributed by atoms with Gasteiger partial charge in [-0.25, -0.2) is 0 Å². The van der Waals surface area contributed by atoms with E-state index in [0.717, 1.165) is 11.3 Å². The van der Waals surface area contributed by atoms with Crippen LogP contribution in [0.5, 0.6) is 5.75 Å². The van der Waals surface area contributed by atoms with Crippen LogP contribution < -0.4 is 10.1 Å². The number of likely N-dealkylation sites (N-methyl/N-ethyl adjacent to an activating group) is 2. The summed E-state index contributed by atoms with van der Waals surface area (Å²) in [4.78, 5) is 27.8. The Hall–Kier alpha value is -2.57. The molecule has 0 bridgehead atoms. The van der Waals surface area contributed by atoms with Gasteiger partial charge >= 0.3 is 0 Å². The van der Waals surface area contributed by atoms with Gasteiger partial charge in [-0.15, -0.1) is 0 Å². The molecule has 0 aliphatic rings. The van der Waals surface area contributed by atoms with E-state index in [0.29, 0.717) is 17.3 Å². The number of hydrogen-bond acceptors (Lipinski definition) is 4. The van der Waals surface area contributed by atoms with Crippen molar-refractivity contribution in [2.24, 2.45) is 0 Å². The van der Waals surface area contributed by atoms with Crippen LogP contribution in [-0.2, 0) is 16.1 Å². The summed E-state index contributed by atoms with van der Waals surface area (Å²) in [5.74, 6) is 0.360. The van der Waals surface area contributed by atoms with Crippen LogP contribution in [0.15, 0.2) is 48.5 Å². The van der Waals surface area contributed by atoms with Crippen molar-refractivity contribution < 1.29 is 14.3 Å². The third kappa shape index (κ3) is 6.58. The minimum absolute atomic E-state index is 0.0412. The Balaban J connectivity index is 1.81. The van der Waals surface area contributed by atoms with E-state index in [1.165, 1.54) is 4.90 Å². The van der Waals surface area contributed by atoms with Gasteiger partial charge in [-0.3, -0.25) is 14.5 Å². The summed E-state index contributed by atoms with van der Waals surface area (Å²) >= 11 is 6.02. The first-order valence-electron chi connectivity index (χ1n) is 8.49. The molecule has 0 aromatic heterocycles. The van der Waals surface area contributed by atoms with E-state index in [9.17, 15) is 9.59 Å². The predicted octanol–water partition coefficient (Wildman–Crippen LogP) is 2.88. The zero-order valence-corrected chi connectivity index (χ0v) is 16.5. The molecule has 0 saturated heterocycles. The van der Waals surface area contributed by atoms with Crippen LogP contribution in [-0.4, -0.2) is 55.9 Å². The maximum Gasteiger partial charge on any atom is 0.244 e. The third-order valence-electron chi connectivity index (χ3n) is 3.97. The van der Waals surface area contributed by atoms with Gasteiger partial charge < -0.3 is 15.0 Å². The third-order valence-corrected chi connectivity index (χ3v) is 4.30. The lowest BCUT2D eigenvalue weighted by Crippen LogP contribution is -2.40. The number of amides is 2. The van der Waals surface area contributed by atoms with Gasteiger partial charge in [0, 0.05) is 13.6 Å². The first kappa shape index (κ1) is 20.7. The molecule has 0 atom stereocenters. The lowest BCUT2D eigenvalue weighted by atomic mass is 10.2. The predicted molar refractivity (Wildman–Crippen MR) is 107 cm³/mol. The zero-order valence-electron chi connectivity index (χ0n) is 15.7. The van der Waals surface area contributed by atoms with Gasteiger partial charge in [0.2, 0.25) is 11.8 Å². The number of ether oxygens (including phenoxy) is 1. The SMILES string of the molecule is COc1ccc(CN(C)CC(=O)N(C)CC(=O)Nc2ccccc2Cl)cc1. The second-order valence-corrected chi connectivity index (χ2v) is 6.71. The molecule has 0 aliphatic carbocycles. The van der Waals surface area contributed by atoms with Crippen LogP contribution in [0.25, 0.3) is 0 Å². The summed E-state index contributed by atoms with van der Waals surface area (Å²) in [6.45, 7) is 0.789. The Morgan fingerprint density at radius 1 is 1.04 bits per heavy atom. The second kappa shape index (κ2) is 9.94. The topological polar surface area (TPSA) is 61.9 Å². The lowest BCUT2D eigenvalue weighted by molar-refractivity contribution is -0.134. The van der Waals surface area contributed by atoms with Crippen molar-refractivity contribution in [3.63, 3.8) is 0 Å². The fourth-order valence-corrected chi connectivity index (χ4v) is 2.69. The summed E-state index contributed by atoms with van der Waals surface area (Å²) in [7, 11) is 5.09. The highest BCUT2D eigenvalue weighted by molar-refractivity contribution is 6.33. The van der Waals surface area contributed by atoms with E-state index in [2.05, 4.69) is 5.32 Å². The van der Waals surface area contributed by atoms with E-state index >= 15 is 0 Å². The lowest BCUT2D eigenvalue weighted by Gasteiger charge is -2.22. The maximum atomic E-state index is 12.4. The van der Waals surface area contributed by atoms with Gasteiger partial charge in [0.25, 0.3) is 0 Å². The number of halogens is 1. The molecule has 2 aromatic carbocycles. The van der Waals surface area contributed by atoms with Crippen LogP contribution >= 0.6 is 11.6 Å². The molecule has 7 heteroatoms. The fourth-order valence-electron chi connectivity index (χ4n) is 2.51. The highest BCUT2D eigenvalue weighted by Gasteiger charge is 2.16. The molecular formula is C20H24ClN3O3. The minimum atomic E-state index is -0.295. The van der Waals surface area contributed by atoms with Gasteiger partial charge in [0.1, 0.15) is 5.75 Å². The number of carbonyl (C=O) groups is 2. The normalized spacial score (nSPS) is 10.6. The molecule has 0 heterocycles. The molecule has 6 nitrogen and oxygen atoms in total. The number of methoxy groups -OCH3 is 1. The summed E-state index contributed by atoms with van der Waals surface area (Å²) < 4.78 is 5.14. The molecule has 0 aliphatic heterocycles. The number of anilines is 1. The molecule has 144 valence electrons. The molecule has 2 aromatic rings. The first-order valence-corrected chi connectivity index (χ1v) is 8.86. The molecule has 2 amide bonds. The van der Waals surface area contributed by atoms with Crippen molar-refractivity contribution in [2.75, 3.05) is 39.6 Å². The van der Waals surface area contributed by atoms with Gasteiger partial charge in [-0.1, -0.05) is 35.9 Å². The van der Waals surface area contributed by atoms with Crippen molar-refractivity contribution in [2.45, 2.75) is 6.54 Å². The average molecular weight is 390 g/mol. The van der Waals surface area contributed by atoms with Crippen LogP contribution in [0.4, 0.5) is 5.69 Å². The van der Waals surface area contributed by atoms with Gasteiger partial charge in [0.05, 0.1) is 30.9 Å². The largest absolute Gasteiger partial charge is 0.497 e. The van der Waals surface area contributed by atoms with Crippen molar-refractivity contribution in [3.8, 4) is 5.75 Å². The minimum Gasteiger partial charge on any atom is -0.497 e. The number of rotatable bonds is 8. The first-order chi connectivity index (χ1) is 12.9. The highest BCUT2D eigenvalue weighted by atomic mass is 35.5. The number of para-hydroxylation sites is 1. The molecule has 0 saturated carbocycles. The number of benzene rings is 2. The Kier molecular flexibility index (Phi) is 7.64. The van der Waals surface area contributed by atoms with Crippen LogP contribution in [0, 0.1) is 0 Å². The zero-order chi connectivity index (χ0) is 19.8. The molecule has 0 fully saturated rings. The van der Waals surface area contributed by atoms with Crippen LogP contribution in [0.2, 0.25) is 5.02 Å². The Bertz CT molecular complexity index is 780. The summed E-state index contributed by atoms with van der Waals surface area (Å²) in [5.41, 5.74) is 1.60. The van der Waals surface area contributed by atoms with Gasteiger partial charge in [0.15, 0.2) is 0 Å². The highest BCUT2D eigenvalue weighted by Crippen LogP contribution is 2.20. The average Bonchev–Trinajstić information content (AvgIpc) is 2.64. The van der Waals surface area contributed by atoms with Crippen molar-refractivity contribution in [1.29, 1.82) is 0 Å². The molecule has 2 rings (SSSR count). The van der Waals surface area contributed by atoms with Crippen molar-refractivity contribution >= 4 is 29.1 Å². The Labute approximate surface area is 164 Å². The van der Waals surface area contributed by atoms with Crippen LogP contribution in [0.1, 0.15) is 5.56 Å². The molecule has 0 spiro atoms. The molecule has 1 N–H and O–H groups in total. The number of hydrogen-bond donors (Lipinski definition) is 1. The maximum absolute atomic E-state index is 12.4. The Morgan fingerprint density at radius 2 is 1.70 bits per heavy atom. The summed E-state index contributed by atoms with van der Waals surface area (Å²) in [5, 5.41) is 3.17. The molecular weight excluding hydrogens is 366 g/mol. The van der Waals surface area contributed by atoms with E-state index in [-0.39, 0.29) is 24.9 Å². The number of nitrogens with zero attached hydrogens (tertiary/aromatic N) is 2. The summed E-state index contributed by atoms with van der Waals surface area (Å²) in [6.07, 6.45) is 0. The van der Waals surface area contributed by atoms with Crippen molar-refractivity contribution in [1.82, 2.24) is 9.80 Å². The van der Waals surface area contributed by atoms with E-state index in [4.69, 9.17) is 16.3 Å². The van der Waals surface area contributed by atoms with E-state index < -0.39 is 0 Å². The molecule has 0 radical (unpaired) electrons. The molecule has 27 heavy (non-hydrogen) atoms. The fraction of sp³-hybridized carbons (Fsp3) is 0.300. The van der Waals surface area contributed by atoms with Gasteiger partial charge in [-0.05, 0) is 36.9 Å². The Morgan fingerprint density at radius 3 is 2.33 bits per heavy atom. The quantitative estimate of drug-likeness (QED) is 0.754. The van der Waals surface area contributed by atoms with E-state index in [1.807, 2.05) is 36.2 Å². The van der Waals surface area contributed by atoms with Crippen molar-refractivity contribution in [3.05, 3.63) is 59.1 Å². The molecule has 0 unspecified atom stereocenters. The number of carbonyl (C=O) groups excluding carboxylic acids is 2. The summed E-state index contributed by atoms with van der Waals surface area (Å²) in [6, 6.07) is 14.7. The monoisotopic (exact) mass is 389 g/mol. The second-order valence-electron chi connectivity index (χ2n) is 6.30. The standard InChI is InChI=1S/C20H24ClN3O3/c1-23(12-15-8-10-16(27-3)11-9-15)14-20(26)24(2)13-19(25)22-18-7-5-4-6-17(18)21/h4-11H,12-14H2,1-3H3,(H,22,25).